The highest BCUT2D eigenvalue weighted by atomic mass is 16.6. The molecule has 100 valence electrons. The number of hydrogen-bond donors (Lipinski definition) is 1. The molecule has 0 atom stereocenters. The Kier molecular flexibility index (Phi) is 4.23. The number of phenols is 1. The van der Waals surface area contributed by atoms with E-state index in [-0.39, 0.29) is 5.41 Å². The van der Waals surface area contributed by atoms with Crippen LogP contribution in [-0.4, -0.2) is 18.3 Å². The van der Waals surface area contributed by atoms with E-state index in [0.717, 1.165) is 13.2 Å². The van der Waals surface area contributed by atoms with Crippen molar-refractivity contribution >= 4 is 0 Å². The van der Waals surface area contributed by atoms with E-state index in [4.69, 9.17) is 0 Å². The summed E-state index contributed by atoms with van der Waals surface area (Å²) in [5.41, 5.74) is 2.45. The first-order chi connectivity index (χ1) is 9.10. The minimum atomic E-state index is -0.0328. The van der Waals surface area contributed by atoms with E-state index >= 15 is 0 Å². The topological polar surface area (TPSA) is 32.8 Å². The molecular weight excluding hydrogens is 236 g/mol. The van der Waals surface area contributed by atoms with E-state index in [1.165, 1.54) is 11.1 Å². The Balaban J connectivity index is 0.000000390. The number of ether oxygens (including phenoxy) is 1. The molecule has 0 amide bonds. The van der Waals surface area contributed by atoms with Crippen molar-refractivity contribution in [3.63, 3.8) is 0 Å². The minimum Gasteiger partial charge on any atom is -0.508 e. The summed E-state index contributed by atoms with van der Waals surface area (Å²) in [5.74, 6) is 0.313. The number of hydrogen-bond acceptors (Lipinski definition) is 2. The van der Waals surface area contributed by atoms with Gasteiger partial charge in [-0.3, -0.25) is 0 Å². The Labute approximate surface area is 114 Å². The second-order valence-electron chi connectivity index (χ2n) is 5.15. The fraction of sp³-hybridized carbons (Fsp3) is 0.294. The molecule has 2 heteroatoms. The van der Waals surface area contributed by atoms with E-state index in [1.807, 2.05) is 18.2 Å². The normalized spacial score (nSPS) is 13.4. The molecule has 1 saturated heterocycles. The molecule has 0 radical (unpaired) electrons. The van der Waals surface area contributed by atoms with Crippen LogP contribution in [0.1, 0.15) is 25.0 Å². The van der Waals surface area contributed by atoms with Crippen LogP contribution in [0.3, 0.4) is 0 Å². The number of benzene rings is 2. The molecule has 0 spiro atoms. The SMILES string of the molecule is C1CO1.CC(C)(c1ccccc1)c1ccc(O)cc1. The lowest BCUT2D eigenvalue weighted by Gasteiger charge is -2.26. The van der Waals surface area contributed by atoms with Crippen molar-refractivity contribution in [1.29, 1.82) is 0 Å². The number of phenolic OH excluding ortho intramolecular Hbond substituents is 1. The van der Waals surface area contributed by atoms with Crippen LogP contribution in [-0.2, 0) is 10.2 Å². The van der Waals surface area contributed by atoms with Crippen molar-refractivity contribution in [1.82, 2.24) is 0 Å². The summed E-state index contributed by atoms with van der Waals surface area (Å²) in [6, 6.07) is 17.8. The summed E-state index contributed by atoms with van der Waals surface area (Å²) in [5, 5.41) is 9.29. The van der Waals surface area contributed by atoms with Crippen LogP contribution in [0.4, 0.5) is 0 Å². The summed E-state index contributed by atoms with van der Waals surface area (Å²) in [4.78, 5) is 0. The third-order valence-electron chi connectivity index (χ3n) is 3.29. The van der Waals surface area contributed by atoms with Gasteiger partial charge in [-0.25, -0.2) is 0 Å². The average Bonchev–Trinajstić information content (AvgIpc) is 3.28. The van der Waals surface area contributed by atoms with Crippen LogP contribution >= 0.6 is 0 Å². The standard InChI is InChI=1S/C15H16O.C2H4O/c1-15(2,12-6-4-3-5-7-12)13-8-10-14(16)11-9-13;1-2-3-1/h3-11,16H,1-2H3;1-2H2. The summed E-state index contributed by atoms with van der Waals surface area (Å²) < 4.78 is 4.50. The molecule has 0 aliphatic carbocycles. The molecule has 0 unspecified atom stereocenters. The molecule has 3 rings (SSSR count). The molecule has 2 aromatic carbocycles. The van der Waals surface area contributed by atoms with Crippen LogP contribution in [0, 0.1) is 0 Å². The lowest BCUT2D eigenvalue weighted by atomic mass is 9.78. The zero-order valence-corrected chi connectivity index (χ0v) is 11.5. The molecule has 1 fully saturated rings. The summed E-state index contributed by atoms with van der Waals surface area (Å²) in [6.07, 6.45) is 0. The maximum atomic E-state index is 9.29. The van der Waals surface area contributed by atoms with Gasteiger partial charge >= 0.3 is 0 Å². The summed E-state index contributed by atoms with van der Waals surface area (Å²) >= 11 is 0. The van der Waals surface area contributed by atoms with E-state index in [0.29, 0.717) is 5.75 Å². The van der Waals surface area contributed by atoms with Gasteiger partial charge < -0.3 is 9.84 Å². The highest BCUT2D eigenvalue weighted by molar-refractivity contribution is 5.39. The van der Waals surface area contributed by atoms with E-state index in [1.54, 1.807) is 12.1 Å². The zero-order valence-electron chi connectivity index (χ0n) is 11.5. The van der Waals surface area contributed by atoms with E-state index in [2.05, 4.69) is 42.8 Å². The number of aromatic hydroxyl groups is 1. The van der Waals surface area contributed by atoms with Crippen molar-refractivity contribution in [3.05, 3.63) is 65.7 Å². The molecule has 2 nitrogen and oxygen atoms in total. The first-order valence-corrected chi connectivity index (χ1v) is 6.53. The van der Waals surface area contributed by atoms with Gasteiger partial charge in [-0.05, 0) is 23.3 Å². The highest BCUT2D eigenvalue weighted by Gasteiger charge is 2.22. The molecule has 0 saturated carbocycles. The van der Waals surface area contributed by atoms with Crippen LogP contribution in [0.25, 0.3) is 0 Å². The second kappa shape index (κ2) is 5.89. The van der Waals surface area contributed by atoms with Crippen molar-refractivity contribution in [2.24, 2.45) is 0 Å². The molecule has 0 aromatic heterocycles. The zero-order chi connectivity index (χ0) is 13.7. The van der Waals surface area contributed by atoms with Crippen LogP contribution in [0.15, 0.2) is 54.6 Å². The fourth-order valence-electron chi connectivity index (χ4n) is 1.90. The third-order valence-corrected chi connectivity index (χ3v) is 3.29. The highest BCUT2D eigenvalue weighted by Crippen LogP contribution is 2.31. The van der Waals surface area contributed by atoms with E-state index < -0.39 is 0 Å². The third kappa shape index (κ3) is 3.83. The lowest BCUT2D eigenvalue weighted by molar-refractivity contribution is 0.474. The molecule has 2 aromatic rings. The van der Waals surface area contributed by atoms with Gasteiger partial charge in [0, 0.05) is 5.41 Å². The van der Waals surface area contributed by atoms with Crippen molar-refractivity contribution in [3.8, 4) is 5.75 Å². The Morgan fingerprint density at radius 1 is 0.842 bits per heavy atom. The van der Waals surface area contributed by atoms with Crippen LogP contribution in [0.2, 0.25) is 0 Å². The Bertz CT molecular complexity index is 496. The fourth-order valence-corrected chi connectivity index (χ4v) is 1.90. The summed E-state index contributed by atoms with van der Waals surface area (Å²) in [7, 11) is 0. The summed E-state index contributed by atoms with van der Waals surface area (Å²) in [6.45, 7) is 6.38. The predicted molar refractivity (Wildman–Crippen MR) is 77.5 cm³/mol. The van der Waals surface area contributed by atoms with Gasteiger partial charge in [0.15, 0.2) is 0 Å². The van der Waals surface area contributed by atoms with Crippen molar-refractivity contribution in [2.45, 2.75) is 19.3 Å². The van der Waals surface area contributed by atoms with Gasteiger partial charge in [-0.2, -0.15) is 0 Å². The van der Waals surface area contributed by atoms with Gasteiger partial charge in [0.25, 0.3) is 0 Å². The van der Waals surface area contributed by atoms with Crippen LogP contribution < -0.4 is 0 Å². The van der Waals surface area contributed by atoms with Crippen molar-refractivity contribution < 1.29 is 9.84 Å². The van der Waals surface area contributed by atoms with E-state index in [9.17, 15) is 5.11 Å². The molecule has 1 aliphatic heterocycles. The minimum absolute atomic E-state index is 0.0328. The van der Waals surface area contributed by atoms with Gasteiger partial charge in [0.2, 0.25) is 0 Å². The van der Waals surface area contributed by atoms with Gasteiger partial charge in [0.1, 0.15) is 5.75 Å². The Morgan fingerprint density at radius 2 is 1.32 bits per heavy atom. The average molecular weight is 256 g/mol. The Hall–Kier alpha value is -1.80. The van der Waals surface area contributed by atoms with Crippen molar-refractivity contribution in [2.75, 3.05) is 13.2 Å². The molecular formula is C17H20O2. The Morgan fingerprint density at radius 3 is 1.79 bits per heavy atom. The first kappa shape index (κ1) is 13.6. The monoisotopic (exact) mass is 256 g/mol. The molecule has 0 bridgehead atoms. The maximum absolute atomic E-state index is 9.29. The van der Waals surface area contributed by atoms with Crippen LogP contribution in [0.5, 0.6) is 5.75 Å². The second-order valence-corrected chi connectivity index (χ2v) is 5.15. The molecule has 1 aliphatic rings. The predicted octanol–water partition coefficient (Wildman–Crippen LogP) is 3.73. The maximum Gasteiger partial charge on any atom is 0.115 e. The lowest BCUT2D eigenvalue weighted by Crippen LogP contribution is -2.18. The molecule has 19 heavy (non-hydrogen) atoms. The van der Waals surface area contributed by atoms with Gasteiger partial charge in [-0.15, -0.1) is 0 Å². The van der Waals surface area contributed by atoms with Gasteiger partial charge in [-0.1, -0.05) is 56.3 Å². The largest absolute Gasteiger partial charge is 0.508 e. The molecule has 1 heterocycles. The smallest absolute Gasteiger partial charge is 0.115 e. The quantitative estimate of drug-likeness (QED) is 0.830. The molecule has 1 N–H and O–H groups in total. The first-order valence-electron chi connectivity index (χ1n) is 6.53. The van der Waals surface area contributed by atoms with Gasteiger partial charge in [0.05, 0.1) is 13.2 Å². The number of rotatable bonds is 2. The number of epoxide rings is 1.